The van der Waals surface area contributed by atoms with Crippen LogP contribution in [0.5, 0.6) is 23.0 Å². The van der Waals surface area contributed by atoms with Crippen LogP contribution in [0.3, 0.4) is 0 Å². The number of allylic oxidation sites excluding steroid dienone is 2. The molecule has 4 aliphatic heterocycles. The molecule has 2 aromatic carbocycles. The van der Waals surface area contributed by atoms with Gasteiger partial charge in [0.1, 0.15) is 23.4 Å². The lowest BCUT2D eigenvalue weighted by molar-refractivity contribution is -0.160. The van der Waals surface area contributed by atoms with E-state index >= 15 is 0 Å². The summed E-state index contributed by atoms with van der Waals surface area (Å²) in [5.74, 6) is -8.36. The van der Waals surface area contributed by atoms with Gasteiger partial charge in [0.2, 0.25) is 0 Å². The first kappa shape index (κ1) is 44.0. The molecule has 9 atom stereocenters. The third-order valence-electron chi connectivity index (χ3n) is 11.5. The molecule has 1 saturated heterocycles. The van der Waals surface area contributed by atoms with E-state index in [1.807, 2.05) is 0 Å². The zero-order chi connectivity index (χ0) is 42.8. The van der Waals surface area contributed by atoms with Crippen LogP contribution in [0.4, 0.5) is 5.69 Å². The number of hydrazone groups is 1. The molecule has 16 heteroatoms. The molecule has 1 amide bonds. The highest BCUT2D eigenvalue weighted by atomic mass is 16.7. The number of aliphatic hydroxyl groups excluding tert-OH is 2. The van der Waals surface area contributed by atoms with Crippen LogP contribution >= 0.6 is 0 Å². The van der Waals surface area contributed by atoms with Gasteiger partial charge >= 0.3 is 11.8 Å². The van der Waals surface area contributed by atoms with Gasteiger partial charge in [0.15, 0.2) is 5.75 Å². The highest BCUT2D eigenvalue weighted by Gasteiger charge is 2.50. The first-order valence-corrected chi connectivity index (χ1v) is 19.4. The second-order valence-corrected chi connectivity index (χ2v) is 15.6. The van der Waals surface area contributed by atoms with Crippen molar-refractivity contribution in [2.75, 3.05) is 38.6 Å². The van der Waals surface area contributed by atoms with E-state index in [4.69, 9.17) is 18.9 Å². The number of rotatable bonds is 4. The lowest BCUT2D eigenvalue weighted by atomic mass is 9.78. The van der Waals surface area contributed by atoms with E-state index in [-0.39, 0.29) is 44.5 Å². The fourth-order valence-corrected chi connectivity index (χ4v) is 7.78. The standard InChI is InChI=1S/C42H56N4O12/c1-20-11-10-12-21(2)41(54)45-32-27(19-44-46-16-14-43-15-17-46)36(51)29-30(37(32)52)35(50)25(6)39-31(29)40(53)42(8,58-39)56-18-13-28(55-9)22(3)38(57-26(7)47)24(5)34(49)23(4)33(20)48/h10-13,18-20,22-24,28,33-34,38,43,48-52H,14-17H2,1-9H3,(H,45,54)/b11-10+,18-13+,21-12-,44-19+/t20-,22+,23+,24+,28-,33-,34+,38+,42-/m0/s1. The molecule has 316 valence electrons. The maximum atomic E-state index is 14.4. The van der Waals surface area contributed by atoms with E-state index in [9.17, 15) is 39.9 Å². The number of fused-ring (bicyclic) bond motifs is 14. The van der Waals surface area contributed by atoms with Gasteiger partial charge in [-0.2, -0.15) is 5.10 Å². The number of ketones is 1. The average molecular weight is 809 g/mol. The van der Waals surface area contributed by atoms with Gasteiger partial charge in [0.05, 0.1) is 53.0 Å². The summed E-state index contributed by atoms with van der Waals surface area (Å²) in [6.07, 6.45) is 4.83. The van der Waals surface area contributed by atoms with Gasteiger partial charge in [0.25, 0.3) is 11.7 Å². The molecule has 5 bridgehead atoms. The van der Waals surface area contributed by atoms with Crippen molar-refractivity contribution in [3.63, 3.8) is 0 Å². The Kier molecular flexibility index (Phi) is 13.5. The number of methoxy groups -OCH3 is 1. The van der Waals surface area contributed by atoms with Crippen molar-refractivity contribution in [1.82, 2.24) is 10.3 Å². The Bertz CT molecular complexity index is 2040. The molecule has 1 fully saturated rings. The summed E-state index contributed by atoms with van der Waals surface area (Å²) in [4.78, 5) is 40.4. The minimum atomic E-state index is -2.04. The number of ether oxygens (including phenoxy) is 4. The largest absolute Gasteiger partial charge is 0.507 e. The SMILES string of the molecule is CO[C@H]1/C=C/O[C@@]2(C)Oc3c(C)c(O)c4c(O)c(c(/C=N/N5CCNCC5)c(O)c4c3C2=O)NC(=O)/C(C)=C\C=C\[C@H](C)[C@H](O)[C@@H](C)[C@@H](O)[C@@H](C)[C@H](OC(C)=O)[C@@H]1C. The van der Waals surface area contributed by atoms with E-state index in [0.29, 0.717) is 26.2 Å². The van der Waals surface area contributed by atoms with Crippen LogP contribution in [0.2, 0.25) is 0 Å². The molecule has 0 unspecified atom stereocenters. The Labute approximate surface area is 337 Å². The number of aliphatic hydroxyl groups is 2. The Morgan fingerprint density at radius 2 is 1.64 bits per heavy atom. The smallest absolute Gasteiger partial charge is 0.312 e. The molecule has 58 heavy (non-hydrogen) atoms. The summed E-state index contributed by atoms with van der Waals surface area (Å²) in [6, 6.07) is 0. The summed E-state index contributed by atoms with van der Waals surface area (Å²) in [6.45, 7) is 14.9. The molecule has 7 N–H and O–H groups in total. The van der Waals surface area contributed by atoms with Crippen LogP contribution in [-0.2, 0) is 23.8 Å². The van der Waals surface area contributed by atoms with Gasteiger partial charge < -0.3 is 55.1 Å². The lowest BCUT2D eigenvalue weighted by Gasteiger charge is -2.38. The quantitative estimate of drug-likeness (QED) is 0.100. The average Bonchev–Trinajstić information content (AvgIpc) is 3.46. The Morgan fingerprint density at radius 1 is 0.966 bits per heavy atom. The summed E-state index contributed by atoms with van der Waals surface area (Å²) in [5, 5.41) is 69.8. The van der Waals surface area contributed by atoms with Gasteiger partial charge in [-0.3, -0.25) is 19.4 Å². The first-order chi connectivity index (χ1) is 27.3. The van der Waals surface area contributed by atoms with Crippen LogP contribution < -0.4 is 15.4 Å². The number of piperazine rings is 1. The maximum Gasteiger partial charge on any atom is 0.312 e. The fraction of sp³-hybridized carbons (Fsp3) is 0.524. The van der Waals surface area contributed by atoms with E-state index in [2.05, 4.69) is 15.7 Å². The molecule has 16 nitrogen and oxygen atoms in total. The molecule has 4 aliphatic rings. The van der Waals surface area contributed by atoms with Gasteiger partial charge in [-0.05, 0) is 19.9 Å². The van der Waals surface area contributed by atoms with Gasteiger partial charge in [0, 0.05) is 87.3 Å². The Balaban J connectivity index is 1.71. The first-order valence-electron chi connectivity index (χ1n) is 19.4. The van der Waals surface area contributed by atoms with Gasteiger partial charge in [-0.25, -0.2) is 0 Å². The molecule has 0 saturated carbocycles. The van der Waals surface area contributed by atoms with Crippen molar-refractivity contribution < 1.29 is 58.9 Å². The predicted molar refractivity (Wildman–Crippen MR) is 216 cm³/mol. The van der Waals surface area contributed by atoms with Gasteiger partial charge in [-0.1, -0.05) is 45.9 Å². The third-order valence-corrected chi connectivity index (χ3v) is 11.5. The maximum absolute atomic E-state index is 14.4. The van der Waals surface area contributed by atoms with Crippen LogP contribution in [0.1, 0.15) is 70.0 Å². The van der Waals surface area contributed by atoms with Crippen molar-refractivity contribution in [3.8, 4) is 23.0 Å². The van der Waals surface area contributed by atoms with Crippen molar-refractivity contribution in [2.45, 2.75) is 85.6 Å². The molecule has 0 radical (unpaired) electrons. The number of hydrogen-bond acceptors (Lipinski definition) is 15. The van der Waals surface area contributed by atoms with E-state index < -0.39 is 88.8 Å². The van der Waals surface area contributed by atoms with Crippen LogP contribution in [0.25, 0.3) is 10.8 Å². The van der Waals surface area contributed by atoms with E-state index in [0.717, 1.165) is 0 Å². The second kappa shape index (κ2) is 17.8. The van der Waals surface area contributed by atoms with Crippen molar-refractivity contribution >= 4 is 40.3 Å². The van der Waals surface area contributed by atoms with E-state index in [1.165, 1.54) is 59.4 Å². The summed E-state index contributed by atoms with van der Waals surface area (Å²) in [7, 11) is 1.44. The number of carbonyl (C=O) groups excluding carboxylic acids is 3. The number of phenolic OH excluding ortho intramolecular Hbond substituents is 3. The second-order valence-electron chi connectivity index (χ2n) is 15.6. The molecule has 0 spiro atoms. The molecule has 6 rings (SSSR count). The predicted octanol–water partition coefficient (Wildman–Crippen LogP) is 3.99. The highest BCUT2D eigenvalue weighted by Crippen LogP contribution is 2.55. The number of anilines is 1. The number of carbonyl (C=O) groups is 3. The monoisotopic (exact) mass is 808 g/mol. The van der Waals surface area contributed by atoms with Crippen molar-refractivity contribution in [3.05, 3.63) is 52.8 Å². The number of phenols is 3. The highest BCUT2D eigenvalue weighted by molar-refractivity contribution is 6.23. The summed E-state index contributed by atoms with van der Waals surface area (Å²) >= 11 is 0. The normalized spacial score (nSPS) is 32.1. The zero-order valence-electron chi connectivity index (χ0n) is 34.4. The summed E-state index contributed by atoms with van der Waals surface area (Å²) in [5.41, 5.74) is -0.364. The molecule has 2 aromatic rings. The number of esters is 1. The molecule has 0 aromatic heterocycles. The number of hydrogen-bond donors (Lipinski definition) is 7. The Morgan fingerprint density at radius 3 is 2.28 bits per heavy atom. The number of nitrogens with zero attached hydrogens (tertiary/aromatic N) is 2. The Hall–Kier alpha value is -5.16. The van der Waals surface area contributed by atoms with Gasteiger partial charge in [-0.15, -0.1) is 0 Å². The fourth-order valence-electron chi connectivity index (χ4n) is 7.78. The molecule has 0 aliphatic carbocycles. The van der Waals surface area contributed by atoms with Crippen LogP contribution in [0, 0.1) is 30.6 Å². The summed E-state index contributed by atoms with van der Waals surface area (Å²) < 4.78 is 23.6. The topological polar surface area (TPSA) is 229 Å². The lowest BCUT2D eigenvalue weighted by Crippen LogP contribution is -2.46. The van der Waals surface area contributed by atoms with Crippen molar-refractivity contribution in [2.24, 2.45) is 28.8 Å². The number of amides is 1. The van der Waals surface area contributed by atoms with E-state index in [1.54, 1.807) is 44.9 Å². The third kappa shape index (κ3) is 8.51. The number of Topliss-reactive ketones (excluding diaryl/α,β-unsaturated/α-hetero) is 1. The number of nitrogens with one attached hydrogen (secondary N) is 2. The minimum absolute atomic E-state index is 0.0544. The number of aromatic hydroxyl groups is 3. The van der Waals surface area contributed by atoms with Crippen LogP contribution in [-0.4, -0.2) is 118 Å². The van der Waals surface area contributed by atoms with Crippen molar-refractivity contribution in [1.29, 1.82) is 0 Å². The molecular formula is C42H56N4O12. The van der Waals surface area contributed by atoms with Crippen LogP contribution in [0.15, 0.2) is 41.2 Å². The molecular weight excluding hydrogens is 752 g/mol. The zero-order valence-corrected chi connectivity index (χ0v) is 34.4. The minimum Gasteiger partial charge on any atom is -0.507 e. The number of benzene rings is 2. The molecule has 4 heterocycles.